The Morgan fingerprint density at radius 2 is 0.930 bits per heavy atom. The summed E-state index contributed by atoms with van der Waals surface area (Å²) in [6.07, 6.45) is 14.3. The van der Waals surface area contributed by atoms with Crippen LogP contribution in [0.15, 0.2) is 0 Å². The van der Waals surface area contributed by atoms with Crippen molar-refractivity contribution in [3.05, 3.63) is 46.1 Å². The molecule has 11 aliphatic rings. The van der Waals surface area contributed by atoms with E-state index in [-0.39, 0.29) is 52.6 Å². The van der Waals surface area contributed by atoms with Gasteiger partial charge in [0, 0.05) is 53.3 Å². The molecule has 57 heavy (non-hydrogen) atoms. The van der Waals surface area contributed by atoms with E-state index in [0.717, 1.165) is 124 Å². The molecule has 14 atom stereocenters. The van der Waals surface area contributed by atoms with Gasteiger partial charge in [-0.15, -0.1) is 0 Å². The van der Waals surface area contributed by atoms with Crippen LogP contribution in [0, 0.1) is 41.4 Å². The topological polar surface area (TPSA) is 154 Å². The van der Waals surface area contributed by atoms with E-state index < -0.39 is 0 Å². The predicted octanol–water partition coefficient (Wildman–Crippen LogP) is 4.17. The normalized spacial score (nSPS) is 40.9. The fraction of sp³-hybridized carbons (Fsp3) is 0.773. The molecule has 8 bridgehead atoms. The van der Waals surface area contributed by atoms with Gasteiger partial charge in [0.25, 0.3) is 0 Å². The van der Waals surface area contributed by atoms with Crippen LogP contribution >= 0.6 is 0 Å². The molecule has 12 nitrogen and oxygen atoms in total. The van der Waals surface area contributed by atoms with Gasteiger partial charge in [-0.05, 0) is 193 Å². The van der Waals surface area contributed by atoms with E-state index in [1.807, 2.05) is 0 Å². The zero-order chi connectivity index (χ0) is 36.5. The Balaban J connectivity index is 0.00000356. The molecule has 4 saturated heterocycles. The van der Waals surface area contributed by atoms with E-state index in [1.165, 1.54) is 62.5 Å². The SMILES string of the molecule is C1CC2CCc3c(c4nc5nc(nc6[n-]c(nc7nc(nc3[n-]4)C3C7CCC4CCNCC43)C3C6CCC4CCNCC43)C3C5CCC4CCNCC43)C2CN1.[Cu+2]. The van der Waals surface area contributed by atoms with Gasteiger partial charge >= 0.3 is 17.1 Å². The van der Waals surface area contributed by atoms with Gasteiger partial charge < -0.3 is 51.2 Å². The van der Waals surface area contributed by atoms with Crippen LogP contribution < -0.4 is 31.2 Å². The molecule has 14 unspecified atom stereocenters. The molecule has 0 aromatic carbocycles. The molecular formula is C44H58CuN12. The number of fused-ring (bicyclic) bond motifs is 28. The first kappa shape index (κ1) is 36.3. The van der Waals surface area contributed by atoms with Crippen LogP contribution in [0.25, 0.3) is 11.3 Å². The van der Waals surface area contributed by atoms with Crippen LogP contribution in [0.3, 0.4) is 0 Å². The number of nitrogens with zero attached hydrogens (tertiary/aromatic N) is 8. The molecule has 2 aromatic heterocycles. The van der Waals surface area contributed by atoms with Gasteiger partial charge in [0.15, 0.2) is 0 Å². The number of rotatable bonds is 0. The summed E-state index contributed by atoms with van der Waals surface area (Å²) < 4.78 is 0. The molecule has 7 fully saturated rings. The van der Waals surface area contributed by atoms with Crippen molar-refractivity contribution in [2.75, 3.05) is 52.4 Å². The van der Waals surface area contributed by atoms with E-state index >= 15 is 0 Å². The summed E-state index contributed by atoms with van der Waals surface area (Å²) in [5, 5.41) is 15.1. The smallest absolute Gasteiger partial charge is 0.366 e. The molecular weight excluding hydrogens is 760 g/mol. The van der Waals surface area contributed by atoms with Gasteiger partial charge in [-0.3, -0.25) is 9.97 Å². The van der Waals surface area contributed by atoms with Crippen LogP contribution in [0.5, 0.6) is 0 Å². The summed E-state index contributed by atoms with van der Waals surface area (Å²) in [7, 11) is 0. The van der Waals surface area contributed by atoms with Crippen molar-refractivity contribution in [2.24, 2.45) is 41.4 Å². The van der Waals surface area contributed by atoms with Gasteiger partial charge in [-0.1, -0.05) is 0 Å². The molecule has 0 spiro atoms. The molecule has 305 valence electrons. The average Bonchev–Trinajstić information content (AvgIpc) is 3.99. The Morgan fingerprint density at radius 1 is 0.404 bits per heavy atom. The molecule has 3 saturated carbocycles. The summed E-state index contributed by atoms with van der Waals surface area (Å²) in [5.41, 5.74) is 4.43. The Morgan fingerprint density at radius 3 is 1.60 bits per heavy atom. The van der Waals surface area contributed by atoms with Gasteiger partial charge in [-0.2, -0.15) is 0 Å². The second kappa shape index (κ2) is 14.3. The third-order valence-electron chi connectivity index (χ3n) is 17.5. The maximum absolute atomic E-state index is 5.68. The van der Waals surface area contributed by atoms with Gasteiger partial charge in [0.2, 0.25) is 0 Å². The van der Waals surface area contributed by atoms with E-state index in [4.69, 9.17) is 39.9 Å². The minimum absolute atomic E-state index is 0. The molecule has 4 N–H and O–H groups in total. The van der Waals surface area contributed by atoms with E-state index in [0.29, 0.717) is 47.3 Å². The minimum Gasteiger partial charge on any atom is -0.366 e. The Labute approximate surface area is 346 Å². The van der Waals surface area contributed by atoms with Crippen LogP contribution in [0.4, 0.5) is 0 Å². The van der Waals surface area contributed by atoms with Crippen molar-refractivity contribution in [3.63, 3.8) is 0 Å². The zero-order valence-electron chi connectivity index (χ0n) is 33.1. The van der Waals surface area contributed by atoms with Crippen molar-refractivity contribution < 1.29 is 17.1 Å². The van der Waals surface area contributed by atoms with Crippen molar-refractivity contribution in [1.29, 1.82) is 0 Å². The molecule has 9 heterocycles. The number of nitrogens with one attached hydrogen (secondary N) is 4. The van der Waals surface area contributed by atoms with E-state index in [1.54, 1.807) is 0 Å². The molecule has 4 aliphatic carbocycles. The molecule has 13 heteroatoms. The Bertz CT molecular complexity index is 2100. The molecule has 1 radical (unpaired) electrons. The summed E-state index contributed by atoms with van der Waals surface area (Å²) in [6, 6.07) is 0. The second-order valence-electron chi connectivity index (χ2n) is 19.9. The third-order valence-corrected chi connectivity index (χ3v) is 17.5. The summed E-state index contributed by atoms with van der Waals surface area (Å²) >= 11 is 0. The molecule has 2 aromatic rings. The summed E-state index contributed by atoms with van der Waals surface area (Å²) in [6.45, 7) is 8.55. The maximum atomic E-state index is 5.68. The number of aryl methyl sites for hydroxylation is 1. The number of aromatic nitrogens is 8. The van der Waals surface area contributed by atoms with Crippen molar-refractivity contribution in [2.45, 2.75) is 118 Å². The van der Waals surface area contributed by atoms with Gasteiger partial charge in [-0.25, -0.2) is 0 Å². The second-order valence-corrected chi connectivity index (χ2v) is 19.9. The predicted molar refractivity (Wildman–Crippen MR) is 211 cm³/mol. The largest absolute Gasteiger partial charge is 2.00 e. The summed E-state index contributed by atoms with van der Waals surface area (Å²) in [5.74, 6) is 12.3. The van der Waals surface area contributed by atoms with Crippen LogP contribution in [0.2, 0.25) is 0 Å². The molecule has 0 amide bonds. The Kier molecular flexibility index (Phi) is 9.11. The quantitative estimate of drug-likeness (QED) is 0.283. The van der Waals surface area contributed by atoms with Crippen LogP contribution in [-0.4, -0.2) is 82.3 Å². The minimum atomic E-state index is 0. The summed E-state index contributed by atoms with van der Waals surface area (Å²) in [4.78, 5) is 44.7. The molecule has 13 rings (SSSR count). The number of hydrogen-bond acceptors (Lipinski definition) is 10. The third kappa shape index (κ3) is 5.71. The van der Waals surface area contributed by atoms with Crippen molar-refractivity contribution in [1.82, 2.24) is 61.1 Å². The van der Waals surface area contributed by atoms with E-state index in [2.05, 4.69) is 21.3 Å². The average molecular weight is 819 g/mol. The number of hydrogen-bond donors (Lipinski definition) is 4. The van der Waals surface area contributed by atoms with Gasteiger partial charge in [0.1, 0.15) is 0 Å². The first-order valence-electron chi connectivity index (χ1n) is 23.0. The number of piperidine rings is 4. The molecule has 7 aliphatic heterocycles. The van der Waals surface area contributed by atoms with Gasteiger partial charge in [0.05, 0.1) is 23.3 Å². The zero-order valence-corrected chi connectivity index (χ0v) is 34.0. The monoisotopic (exact) mass is 817 g/mol. The van der Waals surface area contributed by atoms with Crippen molar-refractivity contribution in [3.8, 4) is 0 Å². The van der Waals surface area contributed by atoms with Crippen LogP contribution in [-0.2, 0) is 23.5 Å². The van der Waals surface area contributed by atoms with E-state index in [9.17, 15) is 0 Å². The first-order valence-corrected chi connectivity index (χ1v) is 23.0. The maximum Gasteiger partial charge on any atom is 2.00 e. The first-order chi connectivity index (χ1) is 27.7. The fourth-order valence-corrected chi connectivity index (χ4v) is 14.9. The fourth-order valence-electron chi connectivity index (χ4n) is 14.9. The standard InChI is InChI=1S/C44H58N12.Cu/c1-5-25-33(29-17-45-13-9-21(1)29)41-49-37(25)53-42-34-26(6-2-22-10-14-46-18-30(22)34)39(50-42)55-44-36-28(8-4-24-12-16-48-20-32(24)36)40(52-44)56-43-35-27(38(51-43)54-41)7-3-23-11-15-47-19-31(23)35;/h21-27,29-35,45-48H,1-20H2;/q-2;+2. The van der Waals surface area contributed by atoms with Crippen molar-refractivity contribution >= 4 is 11.3 Å². The Hall–Kier alpha value is -2.54. The van der Waals surface area contributed by atoms with Crippen LogP contribution in [0.1, 0.15) is 158 Å².